The highest BCUT2D eigenvalue weighted by molar-refractivity contribution is 5.75. The first-order valence-electron chi connectivity index (χ1n) is 7.43. The van der Waals surface area contributed by atoms with Gasteiger partial charge in [-0.25, -0.2) is 13.6 Å². The molecule has 0 aromatic heterocycles. The SMILES string of the molecule is CC(NC(=O)N(C)C(C)c1ccc(F)c(F)c1)c1ccccc1. The molecule has 0 saturated heterocycles. The van der Waals surface area contributed by atoms with E-state index in [-0.39, 0.29) is 18.1 Å². The molecule has 0 aliphatic rings. The van der Waals surface area contributed by atoms with E-state index in [0.717, 1.165) is 17.7 Å². The first kappa shape index (κ1) is 16.9. The molecule has 1 N–H and O–H groups in total. The van der Waals surface area contributed by atoms with Crippen LogP contribution < -0.4 is 5.32 Å². The molecule has 0 saturated carbocycles. The second-order valence-corrected chi connectivity index (χ2v) is 5.54. The Morgan fingerprint density at radius 3 is 2.26 bits per heavy atom. The fourth-order valence-corrected chi connectivity index (χ4v) is 2.28. The molecule has 5 heteroatoms. The Kier molecular flexibility index (Phi) is 5.32. The van der Waals surface area contributed by atoms with Crippen molar-refractivity contribution < 1.29 is 13.6 Å². The van der Waals surface area contributed by atoms with Gasteiger partial charge in [-0.05, 0) is 37.1 Å². The van der Waals surface area contributed by atoms with Crippen molar-refractivity contribution in [2.75, 3.05) is 7.05 Å². The molecule has 2 amide bonds. The molecule has 2 atom stereocenters. The molecular weight excluding hydrogens is 298 g/mol. The minimum Gasteiger partial charge on any atom is -0.331 e. The molecule has 0 fully saturated rings. The van der Waals surface area contributed by atoms with Gasteiger partial charge >= 0.3 is 6.03 Å². The second kappa shape index (κ2) is 7.22. The molecule has 0 bridgehead atoms. The van der Waals surface area contributed by atoms with Gasteiger partial charge in [-0.2, -0.15) is 0 Å². The third kappa shape index (κ3) is 4.06. The highest BCUT2D eigenvalue weighted by atomic mass is 19.2. The van der Waals surface area contributed by atoms with E-state index in [4.69, 9.17) is 0 Å². The lowest BCUT2D eigenvalue weighted by atomic mass is 10.1. The van der Waals surface area contributed by atoms with Gasteiger partial charge in [0.2, 0.25) is 0 Å². The van der Waals surface area contributed by atoms with Crippen LogP contribution in [0.3, 0.4) is 0 Å². The lowest BCUT2D eigenvalue weighted by Crippen LogP contribution is -2.40. The van der Waals surface area contributed by atoms with E-state index in [1.807, 2.05) is 37.3 Å². The van der Waals surface area contributed by atoms with E-state index in [1.54, 1.807) is 14.0 Å². The second-order valence-electron chi connectivity index (χ2n) is 5.54. The van der Waals surface area contributed by atoms with Gasteiger partial charge in [0, 0.05) is 7.05 Å². The van der Waals surface area contributed by atoms with E-state index >= 15 is 0 Å². The van der Waals surface area contributed by atoms with Crippen molar-refractivity contribution in [1.82, 2.24) is 10.2 Å². The third-order valence-corrected chi connectivity index (χ3v) is 3.97. The summed E-state index contributed by atoms with van der Waals surface area (Å²) in [6, 6.07) is 12.5. The number of halogens is 2. The molecule has 2 rings (SSSR count). The fraction of sp³-hybridized carbons (Fsp3) is 0.278. The fourth-order valence-electron chi connectivity index (χ4n) is 2.28. The highest BCUT2D eigenvalue weighted by Gasteiger charge is 2.20. The first-order chi connectivity index (χ1) is 10.9. The van der Waals surface area contributed by atoms with Crippen LogP contribution in [0.5, 0.6) is 0 Å². The summed E-state index contributed by atoms with van der Waals surface area (Å²) < 4.78 is 26.4. The van der Waals surface area contributed by atoms with Crippen LogP contribution in [-0.4, -0.2) is 18.0 Å². The van der Waals surface area contributed by atoms with Crippen LogP contribution in [0.1, 0.15) is 37.1 Å². The van der Waals surface area contributed by atoms with Crippen molar-refractivity contribution in [2.45, 2.75) is 25.9 Å². The van der Waals surface area contributed by atoms with Crippen LogP contribution in [0.4, 0.5) is 13.6 Å². The molecule has 122 valence electrons. The zero-order valence-corrected chi connectivity index (χ0v) is 13.4. The number of carbonyl (C=O) groups is 1. The van der Waals surface area contributed by atoms with Gasteiger partial charge < -0.3 is 10.2 Å². The van der Waals surface area contributed by atoms with Crippen molar-refractivity contribution in [2.24, 2.45) is 0 Å². The molecule has 0 radical (unpaired) electrons. The van der Waals surface area contributed by atoms with Crippen molar-refractivity contribution in [1.29, 1.82) is 0 Å². The topological polar surface area (TPSA) is 32.3 Å². The lowest BCUT2D eigenvalue weighted by molar-refractivity contribution is 0.191. The maximum absolute atomic E-state index is 13.3. The Labute approximate surface area is 134 Å². The predicted molar refractivity (Wildman–Crippen MR) is 85.9 cm³/mol. The van der Waals surface area contributed by atoms with Gasteiger partial charge in [-0.15, -0.1) is 0 Å². The third-order valence-electron chi connectivity index (χ3n) is 3.97. The maximum Gasteiger partial charge on any atom is 0.318 e. The molecule has 2 unspecified atom stereocenters. The summed E-state index contributed by atoms with van der Waals surface area (Å²) in [6.07, 6.45) is 0. The lowest BCUT2D eigenvalue weighted by Gasteiger charge is -2.27. The van der Waals surface area contributed by atoms with E-state index in [1.165, 1.54) is 11.0 Å². The molecular formula is C18H20F2N2O. The number of rotatable bonds is 4. The zero-order valence-electron chi connectivity index (χ0n) is 13.4. The number of benzene rings is 2. The number of nitrogens with zero attached hydrogens (tertiary/aromatic N) is 1. The first-order valence-corrected chi connectivity index (χ1v) is 7.43. The summed E-state index contributed by atoms with van der Waals surface area (Å²) in [7, 11) is 1.62. The van der Waals surface area contributed by atoms with E-state index in [2.05, 4.69) is 5.32 Å². The minimum atomic E-state index is -0.916. The van der Waals surface area contributed by atoms with Gasteiger partial charge in [0.15, 0.2) is 11.6 Å². The molecule has 0 aliphatic heterocycles. The van der Waals surface area contributed by atoms with E-state index in [9.17, 15) is 13.6 Å². The summed E-state index contributed by atoms with van der Waals surface area (Å²) in [5.74, 6) is -1.81. The van der Waals surface area contributed by atoms with Crippen LogP contribution in [0.2, 0.25) is 0 Å². The van der Waals surface area contributed by atoms with Gasteiger partial charge in [-0.1, -0.05) is 36.4 Å². The molecule has 0 spiro atoms. The van der Waals surface area contributed by atoms with Crippen molar-refractivity contribution in [3.63, 3.8) is 0 Å². The highest BCUT2D eigenvalue weighted by Crippen LogP contribution is 2.21. The summed E-state index contributed by atoms with van der Waals surface area (Å²) in [6.45, 7) is 3.66. The Morgan fingerprint density at radius 2 is 1.65 bits per heavy atom. The average Bonchev–Trinajstić information content (AvgIpc) is 2.56. The van der Waals surface area contributed by atoms with Crippen LogP contribution in [0.25, 0.3) is 0 Å². The summed E-state index contributed by atoms with van der Waals surface area (Å²) in [5.41, 5.74) is 1.53. The van der Waals surface area contributed by atoms with Crippen molar-refractivity contribution >= 4 is 6.03 Å². The van der Waals surface area contributed by atoms with Crippen LogP contribution in [0, 0.1) is 11.6 Å². The molecule has 3 nitrogen and oxygen atoms in total. The van der Waals surface area contributed by atoms with Crippen LogP contribution >= 0.6 is 0 Å². The summed E-state index contributed by atoms with van der Waals surface area (Å²) in [5, 5.41) is 2.89. The van der Waals surface area contributed by atoms with E-state index < -0.39 is 11.6 Å². The molecule has 2 aromatic rings. The Hall–Kier alpha value is -2.43. The monoisotopic (exact) mass is 318 g/mol. The quantitative estimate of drug-likeness (QED) is 0.889. The van der Waals surface area contributed by atoms with Crippen molar-refractivity contribution in [3.8, 4) is 0 Å². The maximum atomic E-state index is 13.3. The molecule has 23 heavy (non-hydrogen) atoms. The Balaban J connectivity index is 2.05. The number of hydrogen-bond acceptors (Lipinski definition) is 1. The minimum absolute atomic E-state index is 0.150. The Bertz CT molecular complexity index is 676. The average molecular weight is 318 g/mol. The van der Waals surface area contributed by atoms with Gasteiger partial charge in [0.05, 0.1) is 12.1 Å². The number of urea groups is 1. The predicted octanol–water partition coefficient (Wildman–Crippen LogP) is 4.43. The zero-order chi connectivity index (χ0) is 17.0. The standard InChI is InChI=1S/C18H20F2N2O/c1-12(14-7-5-4-6-8-14)21-18(23)22(3)13(2)15-9-10-16(19)17(20)11-15/h4-13H,1-3H3,(H,21,23). The van der Waals surface area contributed by atoms with Crippen LogP contribution in [0.15, 0.2) is 48.5 Å². The largest absolute Gasteiger partial charge is 0.331 e. The number of carbonyl (C=O) groups excluding carboxylic acids is 1. The number of amides is 2. The summed E-state index contributed by atoms with van der Waals surface area (Å²) >= 11 is 0. The van der Waals surface area contributed by atoms with Gasteiger partial charge in [0.25, 0.3) is 0 Å². The Morgan fingerprint density at radius 1 is 1.00 bits per heavy atom. The van der Waals surface area contributed by atoms with Crippen molar-refractivity contribution in [3.05, 3.63) is 71.3 Å². The molecule has 0 aliphatic carbocycles. The van der Waals surface area contributed by atoms with Crippen LogP contribution in [-0.2, 0) is 0 Å². The number of hydrogen-bond donors (Lipinski definition) is 1. The van der Waals surface area contributed by atoms with Gasteiger partial charge in [-0.3, -0.25) is 0 Å². The molecule has 2 aromatic carbocycles. The molecule has 0 heterocycles. The summed E-state index contributed by atoms with van der Waals surface area (Å²) in [4.78, 5) is 13.8. The normalized spacial score (nSPS) is 13.3. The number of nitrogens with one attached hydrogen (secondary N) is 1. The van der Waals surface area contributed by atoms with E-state index in [0.29, 0.717) is 5.56 Å². The van der Waals surface area contributed by atoms with Gasteiger partial charge in [0.1, 0.15) is 0 Å². The smallest absolute Gasteiger partial charge is 0.318 e.